The maximum atomic E-state index is 13.3. The van der Waals surface area contributed by atoms with Crippen LogP contribution < -0.4 is 5.56 Å². The number of amides is 2. The molecule has 1 atom stereocenters. The Morgan fingerprint density at radius 2 is 1.75 bits per heavy atom. The van der Waals surface area contributed by atoms with Gasteiger partial charge in [-0.15, -0.1) is 0 Å². The van der Waals surface area contributed by atoms with E-state index in [4.69, 9.17) is 0 Å². The van der Waals surface area contributed by atoms with Crippen LogP contribution in [0.1, 0.15) is 61.7 Å². The number of hydrogen-bond donors (Lipinski definition) is 1. The Morgan fingerprint density at radius 1 is 1.06 bits per heavy atom. The Balaban J connectivity index is 1.49. The molecule has 3 fully saturated rings. The lowest BCUT2D eigenvalue weighted by molar-refractivity contribution is -0.165. The normalized spacial score (nSPS) is 23.5. The van der Waals surface area contributed by atoms with E-state index < -0.39 is 11.0 Å². The predicted molar refractivity (Wildman–Crippen MR) is 139 cm³/mol. The first-order chi connectivity index (χ1) is 17.2. The van der Waals surface area contributed by atoms with Crippen molar-refractivity contribution in [2.75, 3.05) is 27.2 Å². The first-order valence-corrected chi connectivity index (χ1v) is 13.3. The molecule has 2 saturated carbocycles. The average molecular weight is 492 g/mol. The zero-order valence-corrected chi connectivity index (χ0v) is 21.4. The highest BCUT2D eigenvalue weighted by Crippen LogP contribution is 2.52. The molecular formula is C29H37N3O4. The van der Waals surface area contributed by atoms with Gasteiger partial charge < -0.3 is 19.5 Å². The first kappa shape index (κ1) is 24.8. The molecule has 5 rings (SSSR count). The van der Waals surface area contributed by atoms with Crippen LogP contribution in [0.25, 0.3) is 11.1 Å². The van der Waals surface area contributed by atoms with Gasteiger partial charge in [0.15, 0.2) is 0 Å². The van der Waals surface area contributed by atoms with E-state index in [2.05, 4.69) is 0 Å². The number of hydrogen-bond acceptors (Lipinski definition) is 4. The summed E-state index contributed by atoms with van der Waals surface area (Å²) in [5.74, 6) is 0.186. The third-order valence-corrected chi connectivity index (χ3v) is 8.88. The summed E-state index contributed by atoms with van der Waals surface area (Å²) in [5.41, 5.74) is 0.0654. The summed E-state index contributed by atoms with van der Waals surface area (Å²) < 4.78 is 1.52. The molecule has 192 valence electrons. The van der Waals surface area contributed by atoms with E-state index in [1.807, 2.05) is 35.2 Å². The molecule has 1 unspecified atom stereocenters. The van der Waals surface area contributed by atoms with Crippen molar-refractivity contribution in [3.63, 3.8) is 0 Å². The van der Waals surface area contributed by atoms with Gasteiger partial charge in [0.2, 0.25) is 5.91 Å². The van der Waals surface area contributed by atoms with E-state index in [0.29, 0.717) is 30.6 Å². The Hall–Kier alpha value is -2.93. The molecule has 2 amide bonds. The molecular weight excluding hydrogens is 454 g/mol. The minimum Gasteiger partial charge on any atom is -0.387 e. The summed E-state index contributed by atoms with van der Waals surface area (Å²) in [6, 6.07) is 11.0. The van der Waals surface area contributed by atoms with Crippen molar-refractivity contribution >= 4 is 11.8 Å². The van der Waals surface area contributed by atoms with Crippen molar-refractivity contribution in [1.29, 1.82) is 0 Å². The highest BCUT2D eigenvalue weighted by atomic mass is 16.3. The van der Waals surface area contributed by atoms with Crippen LogP contribution in [0.3, 0.4) is 0 Å². The van der Waals surface area contributed by atoms with Gasteiger partial charge >= 0.3 is 0 Å². The number of benzene rings is 1. The molecule has 2 aliphatic carbocycles. The summed E-state index contributed by atoms with van der Waals surface area (Å²) in [7, 11) is 3.39. The monoisotopic (exact) mass is 491 g/mol. The number of rotatable bonds is 5. The Bertz CT molecular complexity index is 1190. The number of aromatic nitrogens is 1. The molecule has 7 nitrogen and oxygen atoms in total. The van der Waals surface area contributed by atoms with Gasteiger partial charge in [-0.2, -0.15) is 0 Å². The van der Waals surface area contributed by atoms with E-state index in [1.165, 1.54) is 15.5 Å². The summed E-state index contributed by atoms with van der Waals surface area (Å²) in [6.45, 7) is 1.19. The number of pyridine rings is 1. The number of likely N-dealkylation sites (tertiary alicyclic amines) is 1. The number of aliphatic hydroxyl groups is 1. The van der Waals surface area contributed by atoms with Gasteiger partial charge in [0.25, 0.3) is 11.5 Å². The zero-order chi connectivity index (χ0) is 25.5. The maximum Gasteiger partial charge on any atom is 0.255 e. The highest BCUT2D eigenvalue weighted by Gasteiger charge is 2.56. The fourth-order valence-electron chi connectivity index (χ4n) is 6.45. The highest BCUT2D eigenvalue weighted by molar-refractivity contribution is 6.00. The molecule has 1 aliphatic heterocycles. The van der Waals surface area contributed by atoms with E-state index in [9.17, 15) is 19.5 Å². The SMILES string of the molecule is CN(C)C(=O)c1cn(CC2(O)CCN(C(=O)C3CCC3)CC23CCCC3)c(=O)cc1-c1ccccc1. The van der Waals surface area contributed by atoms with Crippen molar-refractivity contribution < 1.29 is 14.7 Å². The summed E-state index contributed by atoms with van der Waals surface area (Å²) >= 11 is 0. The molecule has 3 aliphatic rings. The van der Waals surface area contributed by atoms with E-state index >= 15 is 0 Å². The topological polar surface area (TPSA) is 82.8 Å². The van der Waals surface area contributed by atoms with Gasteiger partial charge in [-0.05, 0) is 37.7 Å². The molecule has 36 heavy (non-hydrogen) atoms. The van der Waals surface area contributed by atoms with Gasteiger partial charge in [-0.1, -0.05) is 49.6 Å². The van der Waals surface area contributed by atoms with Crippen molar-refractivity contribution in [2.24, 2.45) is 11.3 Å². The summed E-state index contributed by atoms with van der Waals surface area (Å²) in [6.07, 6.45) is 8.84. The second kappa shape index (κ2) is 9.51. The largest absolute Gasteiger partial charge is 0.387 e. The van der Waals surface area contributed by atoms with Crippen LogP contribution in [0.4, 0.5) is 0 Å². The third-order valence-electron chi connectivity index (χ3n) is 8.88. The van der Waals surface area contributed by atoms with Crippen molar-refractivity contribution in [2.45, 2.75) is 63.5 Å². The van der Waals surface area contributed by atoms with Crippen molar-refractivity contribution in [1.82, 2.24) is 14.4 Å². The fraction of sp³-hybridized carbons (Fsp3) is 0.552. The van der Waals surface area contributed by atoms with Gasteiger partial charge in [0, 0.05) is 56.3 Å². The molecule has 1 aromatic heterocycles. The molecule has 1 aromatic carbocycles. The quantitative estimate of drug-likeness (QED) is 0.694. The Morgan fingerprint density at radius 3 is 2.36 bits per heavy atom. The number of carbonyl (C=O) groups is 2. The third kappa shape index (κ3) is 4.27. The minimum absolute atomic E-state index is 0.125. The fourth-order valence-corrected chi connectivity index (χ4v) is 6.45. The molecule has 2 aromatic rings. The molecule has 2 heterocycles. The molecule has 1 spiro atoms. The first-order valence-electron chi connectivity index (χ1n) is 13.3. The van der Waals surface area contributed by atoms with Gasteiger partial charge in [0.1, 0.15) is 0 Å². The average Bonchev–Trinajstić information content (AvgIpc) is 3.31. The lowest BCUT2D eigenvalue weighted by atomic mass is 9.65. The lowest BCUT2D eigenvalue weighted by Crippen LogP contribution is -2.62. The second-order valence-electron chi connectivity index (χ2n) is 11.3. The van der Waals surface area contributed by atoms with Crippen LogP contribution in [-0.4, -0.2) is 64.1 Å². The number of piperidine rings is 1. The zero-order valence-electron chi connectivity index (χ0n) is 21.4. The molecule has 1 saturated heterocycles. The molecule has 0 radical (unpaired) electrons. The van der Waals surface area contributed by atoms with Crippen LogP contribution in [-0.2, 0) is 11.3 Å². The number of carbonyl (C=O) groups excluding carboxylic acids is 2. The Kier molecular flexibility index (Phi) is 6.54. The van der Waals surface area contributed by atoms with Gasteiger partial charge in [-0.3, -0.25) is 14.4 Å². The van der Waals surface area contributed by atoms with E-state index in [-0.39, 0.29) is 29.8 Å². The Labute approximate surface area is 212 Å². The van der Waals surface area contributed by atoms with Gasteiger partial charge in [-0.25, -0.2) is 0 Å². The maximum absolute atomic E-state index is 13.3. The van der Waals surface area contributed by atoms with Crippen LogP contribution >= 0.6 is 0 Å². The lowest BCUT2D eigenvalue weighted by Gasteiger charge is -2.53. The van der Waals surface area contributed by atoms with Crippen LogP contribution in [0, 0.1) is 11.3 Å². The van der Waals surface area contributed by atoms with Crippen molar-refractivity contribution in [3.8, 4) is 11.1 Å². The van der Waals surface area contributed by atoms with Gasteiger partial charge in [0.05, 0.1) is 17.7 Å². The number of nitrogens with zero attached hydrogens (tertiary/aromatic N) is 3. The van der Waals surface area contributed by atoms with Crippen LogP contribution in [0.5, 0.6) is 0 Å². The minimum atomic E-state index is -1.11. The van der Waals surface area contributed by atoms with Crippen LogP contribution in [0.15, 0.2) is 47.4 Å². The second-order valence-corrected chi connectivity index (χ2v) is 11.3. The van der Waals surface area contributed by atoms with Crippen molar-refractivity contribution in [3.05, 3.63) is 58.5 Å². The predicted octanol–water partition coefficient (Wildman–Crippen LogP) is 3.54. The van der Waals surface area contributed by atoms with E-state index in [1.54, 1.807) is 20.3 Å². The molecule has 1 N–H and O–H groups in total. The molecule has 0 bridgehead atoms. The smallest absolute Gasteiger partial charge is 0.255 e. The summed E-state index contributed by atoms with van der Waals surface area (Å²) in [5, 5.41) is 12.1. The standard InChI is InChI=1S/C29H37N3O4/c1-30(2)27(35)24-18-32(25(33)17-23(24)21-9-4-3-5-10-21)20-29(36)15-16-31(26(34)22-11-8-12-22)19-28(29)13-6-7-14-28/h3-5,9-10,17-18,22,36H,6-8,11-16,19-20H2,1-2H3. The van der Waals surface area contributed by atoms with Crippen LogP contribution in [0.2, 0.25) is 0 Å². The van der Waals surface area contributed by atoms with E-state index in [0.717, 1.165) is 50.5 Å². The summed E-state index contributed by atoms with van der Waals surface area (Å²) in [4.78, 5) is 43.0. The molecule has 7 heteroatoms.